The van der Waals surface area contributed by atoms with Gasteiger partial charge in [0.2, 0.25) is 0 Å². The van der Waals surface area contributed by atoms with Crippen molar-refractivity contribution >= 4 is 29.1 Å². The van der Waals surface area contributed by atoms with Gasteiger partial charge in [-0.1, -0.05) is 6.07 Å². The molecule has 1 aromatic carbocycles. The minimum atomic E-state index is -0.424. The van der Waals surface area contributed by atoms with E-state index in [0.29, 0.717) is 37.7 Å². The summed E-state index contributed by atoms with van der Waals surface area (Å²) in [6.45, 7) is 5.50. The van der Waals surface area contributed by atoms with Crippen LogP contribution in [-0.4, -0.2) is 50.0 Å². The summed E-state index contributed by atoms with van der Waals surface area (Å²) in [6.07, 6.45) is 0. The van der Waals surface area contributed by atoms with Gasteiger partial charge >= 0.3 is 0 Å². The molecule has 0 radical (unpaired) electrons. The van der Waals surface area contributed by atoms with Crippen LogP contribution < -0.4 is 20.9 Å². The molecule has 0 heterocycles. The third-order valence-electron chi connectivity index (χ3n) is 2.78. The summed E-state index contributed by atoms with van der Waals surface area (Å²) in [7, 11) is 0. The summed E-state index contributed by atoms with van der Waals surface area (Å²) < 4.78 is 15.6. The van der Waals surface area contributed by atoms with E-state index in [1.165, 1.54) is 0 Å². The lowest BCUT2D eigenvalue weighted by atomic mass is 10.2. The average Bonchev–Trinajstić information content (AvgIpc) is 2.62. The molecule has 0 atom stereocenters. The Morgan fingerprint density at radius 1 is 1.08 bits per heavy atom. The van der Waals surface area contributed by atoms with Crippen LogP contribution in [0, 0.1) is 0 Å². The normalized spacial score (nSPS) is 10.0. The van der Waals surface area contributed by atoms with Gasteiger partial charge in [-0.15, -0.1) is 0 Å². The maximum absolute atomic E-state index is 12.1. The van der Waals surface area contributed by atoms with Crippen molar-refractivity contribution in [1.82, 2.24) is 16.2 Å². The zero-order valence-corrected chi connectivity index (χ0v) is 15.1. The van der Waals surface area contributed by atoms with E-state index in [4.69, 9.17) is 26.4 Å². The molecule has 1 rings (SSSR count). The van der Waals surface area contributed by atoms with Crippen molar-refractivity contribution < 1.29 is 23.8 Å². The van der Waals surface area contributed by atoms with E-state index in [0.717, 1.165) is 0 Å². The van der Waals surface area contributed by atoms with Crippen LogP contribution in [0.15, 0.2) is 24.3 Å². The number of hydrogen-bond acceptors (Lipinski definition) is 6. The second-order valence-corrected chi connectivity index (χ2v) is 5.08. The fraction of sp³-hybridized carbons (Fsp3) is 0.438. The van der Waals surface area contributed by atoms with Crippen molar-refractivity contribution in [3.05, 3.63) is 29.8 Å². The minimum absolute atomic E-state index is 0.0301. The number of nitrogens with one attached hydrogen (secondary N) is 3. The lowest BCUT2D eigenvalue weighted by Crippen LogP contribution is -2.49. The van der Waals surface area contributed by atoms with Crippen LogP contribution in [0.2, 0.25) is 0 Å². The number of benzene rings is 1. The first-order valence-electron chi connectivity index (χ1n) is 7.85. The summed E-state index contributed by atoms with van der Waals surface area (Å²) in [5.74, 6) is -0.272. The van der Waals surface area contributed by atoms with Crippen LogP contribution in [-0.2, 0) is 14.3 Å². The standard InChI is InChI=1S/C16H23N3O5S/c1-3-22-8-9-24-13-7-5-6-12(10-13)15(21)17-16(25)19-18-14(20)11-23-4-2/h5-7,10H,3-4,8-9,11H2,1-2H3,(H,18,20)(H2,17,19,21,25). The molecule has 0 aliphatic carbocycles. The summed E-state index contributed by atoms with van der Waals surface area (Å²) in [4.78, 5) is 23.5. The van der Waals surface area contributed by atoms with E-state index < -0.39 is 11.8 Å². The Labute approximate surface area is 152 Å². The second kappa shape index (κ2) is 12.2. The van der Waals surface area contributed by atoms with E-state index >= 15 is 0 Å². The monoisotopic (exact) mass is 369 g/mol. The summed E-state index contributed by atoms with van der Waals surface area (Å²) in [6, 6.07) is 6.66. The van der Waals surface area contributed by atoms with Gasteiger partial charge in [0.25, 0.3) is 11.8 Å². The van der Waals surface area contributed by atoms with Gasteiger partial charge in [-0.3, -0.25) is 25.8 Å². The van der Waals surface area contributed by atoms with Gasteiger partial charge in [-0.25, -0.2) is 0 Å². The van der Waals surface area contributed by atoms with Crippen molar-refractivity contribution in [3.63, 3.8) is 0 Å². The number of ether oxygens (including phenoxy) is 3. The van der Waals surface area contributed by atoms with Gasteiger partial charge in [-0.2, -0.15) is 0 Å². The smallest absolute Gasteiger partial charge is 0.264 e. The van der Waals surface area contributed by atoms with Gasteiger partial charge in [-0.05, 0) is 44.3 Å². The van der Waals surface area contributed by atoms with E-state index in [2.05, 4.69) is 16.2 Å². The minimum Gasteiger partial charge on any atom is -0.491 e. The Morgan fingerprint density at radius 3 is 2.56 bits per heavy atom. The fourth-order valence-corrected chi connectivity index (χ4v) is 1.80. The summed E-state index contributed by atoms with van der Waals surface area (Å²) >= 11 is 4.95. The molecule has 1 aromatic rings. The highest BCUT2D eigenvalue weighted by Crippen LogP contribution is 2.13. The summed E-state index contributed by atoms with van der Waals surface area (Å²) in [5.41, 5.74) is 5.12. The van der Waals surface area contributed by atoms with Crippen LogP contribution in [0.4, 0.5) is 0 Å². The Hall–Kier alpha value is -2.23. The Bertz CT molecular complexity index is 583. The molecule has 9 heteroatoms. The zero-order chi connectivity index (χ0) is 18.5. The molecule has 0 saturated carbocycles. The van der Waals surface area contributed by atoms with Crippen LogP contribution in [0.25, 0.3) is 0 Å². The maximum atomic E-state index is 12.1. The molecule has 0 aliphatic rings. The van der Waals surface area contributed by atoms with Crippen molar-refractivity contribution in [2.45, 2.75) is 13.8 Å². The van der Waals surface area contributed by atoms with Gasteiger partial charge in [0.1, 0.15) is 19.0 Å². The first kappa shape index (κ1) is 20.8. The highest BCUT2D eigenvalue weighted by atomic mass is 32.1. The van der Waals surface area contributed by atoms with E-state index in [-0.39, 0.29) is 11.7 Å². The first-order chi connectivity index (χ1) is 12.1. The van der Waals surface area contributed by atoms with Crippen molar-refractivity contribution in [2.24, 2.45) is 0 Å². The molecule has 0 spiro atoms. The molecule has 0 bridgehead atoms. The number of thiocarbonyl (C=S) groups is 1. The number of amides is 2. The highest BCUT2D eigenvalue weighted by Gasteiger charge is 2.09. The van der Waals surface area contributed by atoms with Crippen LogP contribution in [0.3, 0.4) is 0 Å². The van der Waals surface area contributed by atoms with Gasteiger partial charge in [0, 0.05) is 18.8 Å². The predicted molar refractivity (Wildman–Crippen MR) is 96.3 cm³/mol. The molecule has 138 valence electrons. The van der Waals surface area contributed by atoms with Gasteiger partial charge < -0.3 is 14.2 Å². The molecule has 0 unspecified atom stereocenters. The van der Waals surface area contributed by atoms with Crippen LogP contribution in [0.5, 0.6) is 5.75 Å². The number of carbonyl (C=O) groups excluding carboxylic acids is 2. The van der Waals surface area contributed by atoms with Crippen LogP contribution in [0.1, 0.15) is 24.2 Å². The van der Waals surface area contributed by atoms with Crippen molar-refractivity contribution in [2.75, 3.05) is 33.0 Å². The Morgan fingerprint density at radius 2 is 1.84 bits per heavy atom. The van der Waals surface area contributed by atoms with Crippen molar-refractivity contribution in [3.8, 4) is 5.75 Å². The molecule has 8 nitrogen and oxygen atoms in total. The quantitative estimate of drug-likeness (QED) is 0.336. The van der Waals surface area contributed by atoms with E-state index in [9.17, 15) is 9.59 Å². The molecular weight excluding hydrogens is 346 g/mol. The molecule has 0 aromatic heterocycles. The maximum Gasteiger partial charge on any atom is 0.264 e. The molecule has 25 heavy (non-hydrogen) atoms. The lowest BCUT2D eigenvalue weighted by Gasteiger charge is -2.11. The number of hydrogen-bond donors (Lipinski definition) is 3. The fourth-order valence-electron chi connectivity index (χ4n) is 1.65. The average molecular weight is 369 g/mol. The lowest BCUT2D eigenvalue weighted by molar-refractivity contribution is -0.126. The first-order valence-corrected chi connectivity index (χ1v) is 8.26. The third kappa shape index (κ3) is 8.99. The second-order valence-electron chi connectivity index (χ2n) is 4.67. The van der Waals surface area contributed by atoms with Gasteiger partial charge in [0.05, 0.1) is 6.61 Å². The molecule has 3 N–H and O–H groups in total. The molecule has 0 saturated heterocycles. The third-order valence-corrected chi connectivity index (χ3v) is 2.98. The number of rotatable bonds is 9. The number of hydrazine groups is 1. The number of carbonyl (C=O) groups is 2. The van der Waals surface area contributed by atoms with Crippen molar-refractivity contribution in [1.29, 1.82) is 0 Å². The molecule has 0 aliphatic heterocycles. The molecule has 0 fully saturated rings. The largest absolute Gasteiger partial charge is 0.491 e. The molecule has 2 amide bonds. The zero-order valence-electron chi connectivity index (χ0n) is 14.3. The topological polar surface area (TPSA) is 97.9 Å². The Kier molecular flexibility index (Phi) is 10.1. The van der Waals surface area contributed by atoms with Crippen LogP contribution >= 0.6 is 12.2 Å². The van der Waals surface area contributed by atoms with E-state index in [1.54, 1.807) is 31.2 Å². The Balaban J connectivity index is 2.43. The highest BCUT2D eigenvalue weighted by molar-refractivity contribution is 7.80. The predicted octanol–water partition coefficient (Wildman–Crippen LogP) is 0.774. The molecular formula is C16H23N3O5S. The summed E-state index contributed by atoms with van der Waals surface area (Å²) in [5, 5.41) is 2.43. The SMILES string of the molecule is CCOCCOc1cccc(C(=O)NC(=S)NNC(=O)COCC)c1. The van der Waals surface area contributed by atoms with E-state index in [1.807, 2.05) is 6.92 Å². The van der Waals surface area contributed by atoms with Gasteiger partial charge in [0.15, 0.2) is 5.11 Å².